The van der Waals surface area contributed by atoms with Crippen LogP contribution in [0.3, 0.4) is 0 Å². The molecule has 0 saturated carbocycles. The molecule has 21 heavy (non-hydrogen) atoms. The molecule has 2 rings (SSSR count). The molecule has 3 heteroatoms. The number of rotatable bonds is 7. The van der Waals surface area contributed by atoms with Gasteiger partial charge in [-0.3, -0.25) is 0 Å². The van der Waals surface area contributed by atoms with Gasteiger partial charge in [0.1, 0.15) is 0 Å². The zero-order valence-corrected chi connectivity index (χ0v) is 13.4. The summed E-state index contributed by atoms with van der Waals surface area (Å²) in [5.74, 6) is 0.139. The van der Waals surface area contributed by atoms with E-state index < -0.39 is 0 Å². The molecule has 2 unspecified atom stereocenters. The van der Waals surface area contributed by atoms with Crippen LogP contribution in [0.2, 0.25) is 0 Å². The van der Waals surface area contributed by atoms with Gasteiger partial charge in [0.2, 0.25) is 0 Å². The first-order valence-electron chi connectivity index (χ1n) is 7.42. The molecule has 0 aromatic heterocycles. The van der Waals surface area contributed by atoms with Gasteiger partial charge in [0, 0.05) is 22.3 Å². The van der Waals surface area contributed by atoms with Crippen LogP contribution < -0.4 is 5.32 Å². The number of aliphatic hydroxyl groups is 1. The monoisotopic (exact) mass is 301 g/mol. The number of nitrogens with one attached hydrogen (secondary N) is 1. The van der Waals surface area contributed by atoms with Crippen molar-refractivity contribution in [3.8, 4) is 0 Å². The number of likely N-dealkylation sites (N-methyl/N-ethyl adjacent to an activating group) is 1. The Hall–Kier alpha value is -1.29. The molecule has 112 valence electrons. The standard InChI is InChI=1S/C18H23NOS/c1-3-19-13-18(20)14(2)15-9-11-17(12-10-15)21-16-7-5-4-6-8-16/h4-12,14,18-20H,3,13H2,1-2H3. The van der Waals surface area contributed by atoms with Crippen LogP contribution in [-0.2, 0) is 0 Å². The van der Waals surface area contributed by atoms with Crippen molar-refractivity contribution in [3.63, 3.8) is 0 Å². The first-order chi connectivity index (χ1) is 10.2. The molecule has 0 aliphatic carbocycles. The molecule has 0 fully saturated rings. The fourth-order valence-corrected chi connectivity index (χ4v) is 2.99. The van der Waals surface area contributed by atoms with Gasteiger partial charge in [-0.1, -0.05) is 55.9 Å². The molecule has 0 spiro atoms. The van der Waals surface area contributed by atoms with Gasteiger partial charge in [0.25, 0.3) is 0 Å². The van der Waals surface area contributed by atoms with Crippen molar-refractivity contribution < 1.29 is 5.11 Å². The molecule has 0 saturated heterocycles. The van der Waals surface area contributed by atoms with E-state index >= 15 is 0 Å². The van der Waals surface area contributed by atoms with E-state index in [1.54, 1.807) is 11.8 Å². The van der Waals surface area contributed by atoms with E-state index in [0.29, 0.717) is 6.54 Å². The average molecular weight is 301 g/mol. The largest absolute Gasteiger partial charge is 0.391 e. The highest BCUT2D eigenvalue weighted by Crippen LogP contribution is 2.29. The Labute approximate surface area is 131 Å². The van der Waals surface area contributed by atoms with Gasteiger partial charge in [-0.15, -0.1) is 0 Å². The van der Waals surface area contributed by atoms with E-state index in [9.17, 15) is 5.11 Å². The summed E-state index contributed by atoms with van der Waals surface area (Å²) in [7, 11) is 0. The molecule has 0 bridgehead atoms. The summed E-state index contributed by atoms with van der Waals surface area (Å²) in [6, 6.07) is 18.8. The predicted molar refractivity (Wildman–Crippen MR) is 90.0 cm³/mol. The minimum atomic E-state index is -0.349. The smallest absolute Gasteiger partial charge is 0.0730 e. The van der Waals surface area contributed by atoms with E-state index in [4.69, 9.17) is 0 Å². The van der Waals surface area contributed by atoms with Crippen molar-refractivity contribution >= 4 is 11.8 Å². The van der Waals surface area contributed by atoms with E-state index in [1.807, 2.05) is 13.0 Å². The predicted octanol–water partition coefficient (Wildman–Crippen LogP) is 3.91. The van der Waals surface area contributed by atoms with E-state index in [1.165, 1.54) is 15.4 Å². The fourth-order valence-electron chi connectivity index (χ4n) is 2.16. The number of hydrogen-bond donors (Lipinski definition) is 2. The Morgan fingerprint density at radius 3 is 2.24 bits per heavy atom. The summed E-state index contributed by atoms with van der Waals surface area (Å²) in [6.07, 6.45) is -0.349. The van der Waals surface area contributed by atoms with Crippen LogP contribution in [0.5, 0.6) is 0 Å². The Morgan fingerprint density at radius 1 is 1.00 bits per heavy atom. The van der Waals surface area contributed by atoms with Crippen LogP contribution in [0.15, 0.2) is 64.4 Å². The van der Waals surface area contributed by atoms with E-state index in [2.05, 4.69) is 60.8 Å². The molecule has 2 nitrogen and oxygen atoms in total. The fraction of sp³-hybridized carbons (Fsp3) is 0.333. The van der Waals surface area contributed by atoms with Gasteiger partial charge in [-0.25, -0.2) is 0 Å². The highest BCUT2D eigenvalue weighted by Gasteiger charge is 2.15. The van der Waals surface area contributed by atoms with Crippen LogP contribution in [0.1, 0.15) is 25.3 Å². The lowest BCUT2D eigenvalue weighted by molar-refractivity contribution is 0.147. The zero-order chi connectivity index (χ0) is 15.1. The molecule has 0 radical (unpaired) electrons. The minimum absolute atomic E-state index is 0.139. The van der Waals surface area contributed by atoms with Gasteiger partial charge in [-0.2, -0.15) is 0 Å². The third-order valence-corrected chi connectivity index (χ3v) is 4.58. The van der Waals surface area contributed by atoms with Gasteiger partial charge < -0.3 is 10.4 Å². The maximum absolute atomic E-state index is 10.1. The molecule has 0 aliphatic rings. The second kappa shape index (κ2) is 8.23. The Morgan fingerprint density at radius 2 is 1.62 bits per heavy atom. The van der Waals surface area contributed by atoms with Crippen LogP contribution >= 0.6 is 11.8 Å². The lowest BCUT2D eigenvalue weighted by Gasteiger charge is -2.19. The number of hydrogen-bond acceptors (Lipinski definition) is 3. The van der Waals surface area contributed by atoms with Crippen molar-refractivity contribution in [1.29, 1.82) is 0 Å². The van der Waals surface area contributed by atoms with Crippen molar-refractivity contribution in [2.24, 2.45) is 0 Å². The van der Waals surface area contributed by atoms with Crippen molar-refractivity contribution in [1.82, 2.24) is 5.32 Å². The van der Waals surface area contributed by atoms with E-state index in [0.717, 1.165) is 6.54 Å². The highest BCUT2D eigenvalue weighted by molar-refractivity contribution is 7.99. The molecule has 2 atom stereocenters. The maximum atomic E-state index is 10.1. The molecule has 0 amide bonds. The summed E-state index contributed by atoms with van der Waals surface area (Å²) >= 11 is 1.76. The van der Waals surface area contributed by atoms with Crippen molar-refractivity contribution in [2.75, 3.05) is 13.1 Å². The lowest BCUT2D eigenvalue weighted by Crippen LogP contribution is -2.30. The lowest BCUT2D eigenvalue weighted by atomic mass is 9.95. The third-order valence-electron chi connectivity index (χ3n) is 3.57. The maximum Gasteiger partial charge on any atom is 0.0730 e. The van der Waals surface area contributed by atoms with Crippen molar-refractivity contribution in [2.45, 2.75) is 35.7 Å². The van der Waals surface area contributed by atoms with Crippen LogP contribution in [-0.4, -0.2) is 24.3 Å². The third kappa shape index (κ3) is 4.88. The molecule has 0 aliphatic heterocycles. The summed E-state index contributed by atoms with van der Waals surface area (Å²) in [6.45, 7) is 5.64. The SMILES string of the molecule is CCNCC(O)C(C)c1ccc(Sc2ccccc2)cc1. The molecule has 2 aromatic carbocycles. The summed E-state index contributed by atoms with van der Waals surface area (Å²) in [5, 5.41) is 13.3. The minimum Gasteiger partial charge on any atom is -0.391 e. The van der Waals surface area contributed by atoms with Crippen LogP contribution in [0.4, 0.5) is 0 Å². The Balaban J connectivity index is 1.98. The van der Waals surface area contributed by atoms with E-state index in [-0.39, 0.29) is 12.0 Å². The van der Waals surface area contributed by atoms with Crippen LogP contribution in [0.25, 0.3) is 0 Å². The molecule has 2 N–H and O–H groups in total. The van der Waals surface area contributed by atoms with Gasteiger partial charge in [0.05, 0.1) is 6.10 Å². The van der Waals surface area contributed by atoms with Crippen LogP contribution in [0, 0.1) is 0 Å². The molecular weight excluding hydrogens is 278 g/mol. The number of benzene rings is 2. The Bertz CT molecular complexity index is 527. The second-order valence-electron chi connectivity index (χ2n) is 5.15. The molecule has 2 aromatic rings. The molecule has 0 heterocycles. The first-order valence-corrected chi connectivity index (χ1v) is 8.24. The normalized spacial score (nSPS) is 13.9. The number of aliphatic hydroxyl groups excluding tert-OH is 1. The molecular formula is C18H23NOS. The summed E-state index contributed by atoms with van der Waals surface area (Å²) in [4.78, 5) is 2.46. The Kier molecular flexibility index (Phi) is 6.30. The average Bonchev–Trinajstić information content (AvgIpc) is 2.53. The second-order valence-corrected chi connectivity index (χ2v) is 6.29. The highest BCUT2D eigenvalue weighted by atomic mass is 32.2. The topological polar surface area (TPSA) is 32.3 Å². The first kappa shape index (κ1) is 16.1. The van der Waals surface area contributed by atoms with Gasteiger partial charge in [-0.05, 0) is 36.4 Å². The zero-order valence-electron chi connectivity index (χ0n) is 12.6. The van der Waals surface area contributed by atoms with Gasteiger partial charge >= 0.3 is 0 Å². The van der Waals surface area contributed by atoms with Crippen molar-refractivity contribution in [3.05, 3.63) is 60.2 Å². The summed E-state index contributed by atoms with van der Waals surface area (Å²) in [5.41, 5.74) is 1.18. The van der Waals surface area contributed by atoms with Gasteiger partial charge in [0.15, 0.2) is 0 Å². The quantitative estimate of drug-likeness (QED) is 0.813. The summed E-state index contributed by atoms with van der Waals surface area (Å²) < 4.78 is 0.